The number of amides is 1. The van der Waals surface area contributed by atoms with Crippen LogP contribution in [0.25, 0.3) is 0 Å². The van der Waals surface area contributed by atoms with Gasteiger partial charge in [-0.05, 0) is 36.8 Å². The molecule has 2 heterocycles. The lowest BCUT2D eigenvalue weighted by Gasteiger charge is -2.17. The summed E-state index contributed by atoms with van der Waals surface area (Å²) in [5, 5.41) is 22.4. The van der Waals surface area contributed by atoms with Crippen molar-refractivity contribution in [3.05, 3.63) is 40.5 Å². The molecule has 1 atom stereocenters. The average Bonchev–Trinajstić information content (AvgIpc) is 2.82. The van der Waals surface area contributed by atoms with Crippen LogP contribution in [0, 0.1) is 17.2 Å². The zero-order valence-corrected chi connectivity index (χ0v) is 13.7. The van der Waals surface area contributed by atoms with Crippen LogP contribution in [0.15, 0.2) is 24.5 Å². The Hall–Kier alpha value is -2.39. The van der Waals surface area contributed by atoms with E-state index in [0.29, 0.717) is 16.5 Å². The molecule has 0 spiro atoms. The number of hydrogen-bond donors (Lipinski definition) is 2. The number of pyridine rings is 1. The fraction of sp³-hybridized carbons (Fsp3) is 0.353. The molecule has 2 aromatic heterocycles. The molecule has 0 saturated heterocycles. The quantitative estimate of drug-likeness (QED) is 0.849. The van der Waals surface area contributed by atoms with Crippen molar-refractivity contribution in [3.63, 3.8) is 0 Å². The van der Waals surface area contributed by atoms with Crippen molar-refractivity contribution in [2.75, 3.05) is 5.32 Å². The van der Waals surface area contributed by atoms with Gasteiger partial charge < -0.3 is 10.4 Å². The molecule has 0 aromatic carbocycles. The molecule has 0 aliphatic heterocycles. The minimum Gasteiger partial charge on any atom is -0.503 e. The number of thiophene rings is 1. The number of nitrogens with zero attached hydrogens (tertiary/aromatic N) is 2. The first-order valence-corrected chi connectivity index (χ1v) is 8.41. The van der Waals surface area contributed by atoms with Crippen molar-refractivity contribution in [1.82, 2.24) is 0 Å². The summed E-state index contributed by atoms with van der Waals surface area (Å²) in [7, 11) is 0. The summed E-state index contributed by atoms with van der Waals surface area (Å²) in [4.78, 5) is 13.4. The van der Waals surface area contributed by atoms with Crippen LogP contribution >= 0.6 is 11.3 Å². The van der Waals surface area contributed by atoms with Crippen molar-refractivity contribution < 1.29 is 14.5 Å². The Bertz CT molecular complexity index is 792. The zero-order valence-electron chi connectivity index (χ0n) is 12.9. The standard InChI is InChI=1S/C17H17N3O2S/c1-11-4-5-13-14(8-18)17(23-15(13)7-11)19-16(22)10-20-6-2-3-12(21)9-20/h2-3,6,9,11H,4-5,7,10H2,1H3,(H-,19,21,22)/p+1/t11-/m1/s1. The summed E-state index contributed by atoms with van der Waals surface area (Å²) in [6.45, 7) is 2.31. The monoisotopic (exact) mass is 328 g/mol. The highest BCUT2D eigenvalue weighted by Gasteiger charge is 2.25. The van der Waals surface area contributed by atoms with E-state index in [0.717, 1.165) is 24.8 Å². The van der Waals surface area contributed by atoms with Crippen molar-refractivity contribution >= 4 is 22.2 Å². The number of nitriles is 1. The summed E-state index contributed by atoms with van der Waals surface area (Å²) >= 11 is 1.52. The van der Waals surface area contributed by atoms with Gasteiger partial charge in [0.15, 0.2) is 11.9 Å². The van der Waals surface area contributed by atoms with E-state index >= 15 is 0 Å². The Morgan fingerprint density at radius 2 is 2.43 bits per heavy atom. The number of carbonyl (C=O) groups excluding carboxylic acids is 1. The summed E-state index contributed by atoms with van der Waals surface area (Å²) in [5.74, 6) is 0.529. The SMILES string of the molecule is C[C@@H]1CCc2c(sc(NC(=O)C[n+]3cccc(O)c3)c2C#N)C1. The van der Waals surface area contributed by atoms with Crippen LogP contribution in [0.3, 0.4) is 0 Å². The first-order valence-electron chi connectivity index (χ1n) is 7.59. The summed E-state index contributed by atoms with van der Waals surface area (Å²) in [6.07, 6.45) is 6.18. The molecule has 2 N–H and O–H groups in total. The van der Waals surface area contributed by atoms with Gasteiger partial charge in [-0.15, -0.1) is 11.3 Å². The number of fused-ring (bicyclic) bond motifs is 1. The van der Waals surface area contributed by atoms with Crippen LogP contribution in [0.4, 0.5) is 5.00 Å². The van der Waals surface area contributed by atoms with Crippen LogP contribution in [-0.2, 0) is 24.2 Å². The lowest BCUT2D eigenvalue weighted by Crippen LogP contribution is -2.39. The van der Waals surface area contributed by atoms with Gasteiger partial charge in [0.2, 0.25) is 12.7 Å². The topological polar surface area (TPSA) is 77.0 Å². The van der Waals surface area contributed by atoms with E-state index < -0.39 is 0 Å². The van der Waals surface area contributed by atoms with Crippen LogP contribution in [0.5, 0.6) is 5.75 Å². The maximum atomic E-state index is 12.2. The highest BCUT2D eigenvalue weighted by Crippen LogP contribution is 2.39. The Kier molecular flexibility index (Phi) is 4.30. The van der Waals surface area contributed by atoms with Crippen LogP contribution in [0.2, 0.25) is 0 Å². The predicted octanol–water partition coefficient (Wildman–Crippen LogP) is 2.38. The third-order valence-electron chi connectivity index (χ3n) is 4.05. The first kappa shape index (κ1) is 15.5. The summed E-state index contributed by atoms with van der Waals surface area (Å²) in [6, 6.07) is 5.47. The molecule has 0 saturated carbocycles. The van der Waals surface area contributed by atoms with Gasteiger partial charge >= 0.3 is 0 Å². The van der Waals surface area contributed by atoms with Gasteiger partial charge in [-0.2, -0.15) is 9.83 Å². The molecule has 23 heavy (non-hydrogen) atoms. The van der Waals surface area contributed by atoms with E-state index in [4.69, 9.17) is 0 Å². The van der Waals surface area contributed by atoms with Gasteiger partial charge in [-0.25, -0.2) is 0 Å². The molecular formula is C17H18N3O2S+. The Labute approximate surface area is 138 Å². The molecule has 6 heteroatoms. The van der Waals surface area contributed by atoms with E-state index in [9.17, 15) is 15.2 Å². The summed E-state index contributed by atoms with van der Waals surface area (Å²) in [5.41, 5.74) is 1.72. The van der Waals surface area contributed by atoms with E-state index in [1.54, 1.807) is 22.9 Å². The van der Waals surface area contributed by atoms with Gasteiger partial charge in [0, 0.05) is 10.9 Å². The molecule has 118 valence electrons. The fourth-order valence-corrected chi connectivity index (χ4v) is 4.27. The normalized spacial score (nSPS) is 16.4. The second-order valence-electron chi connectivity index (χ2n) is 5.95. The number of rotatable bonds is 3. The number of nitrogens with one attached hydrogen (secondary N) is 1. The maximum Gasteiger partial charge on any atom is 0.290 e. The highest BCUT2D eigenvalue weighted by atomic mass is 32.1. The Morgan fingerprint density at radius 3 is 3.17 bits per heavy atom. The van der Waals surface area contributed by atoms with Crippen LogP contribution in [0.1, 0.15) is 29.3 Å². The minimum atomic E-state index is -0.205. The second kappa shape index (κ2) is 6.39. The number of aromatic hydroxyl groups is 1. The van der Waals surface area contributed by atoms with Crippen molar-refractivity contribution in [2.45, 2.75) is 32.7 Å². The molecule has 1 aliphatic rings. The molecule has 0 fully saturated rings. The zero-order chi connectivity index (χ0) is 16.4. The summed E-state index contributed by atoms with van der Waals surface area (Å²) < 4.78 is 1.60. The molecule has 1 amide bonds. The lowest BCUT2D eigenvalue weighted by molar-refractivity contribution is -0.684. The molecule has 0 bridgehead atoms. The smallest absolute Gasteiger partial charge is 0.290 e. The van der Waals surface area contributed by atoms with E-state index in [1.165, 1.54) is 22.4 Å². The number of carbonyl (C=O) groups is 1. The van der Waals surface area contributed by atoms with Crippen LogP contribution in [-0.4, -0.2) is 11.0 Å². The van der Waals surface area contributed by atoms with Gasteiger partial charge in [0.25, 0.3) is 5.91 Å². The maximum absolute atomic E-state index is 12.2. The van der Waals surface area contributed by atoms with Crippen molar-refractivity contribution in [3.8, 4) is 11.8 Å². The highest BCUT2D eigenvalue weighted by molar-refractivity contribution is 7.16. The van der Waals surface area contributed by atoms with Gasteiger partial charge in [0.1, 0.15) is 11.1 Å². The lowest BCUT2D eigenvalue weighted by atomic mass is 9.89. The predicted molar refractivity (Wildman–Crippen MR) is 87.2 cm³/mol. The van der Waals surface area contributed by atoms with E-state index in [1.807, 2.05) is 0 Å². The molecular weight excluding hydrogens is 310 g/mol. The molecule has 0 radical (unpaired) electrons. The van der Waals surface area contributed by atoms with Gasteiger partial charge in [-0.1, -0.05) is 6.92 Å². The number of anilines is 1. The van der Waals surface area contributed by atoms with Crippen molar-refractivity contribution in [1.29, 1.82) is 5.26 Å². The fourth-order valence-electron chi connectivity index (χ4n) is 2.90. The van der Waals surface area contributed by atoms with Gasteiger partial charge in [0.05, 0.1) is 5.56 Å². The Morgan fingerprint density at radius 1 is 1.61 bits per heavy atom. The minimum absolute atomic E-state index is 0.0955. The third-order valence-corrected chi connectivity index (χ3v) is 5.22. The van der Waals surface area contributed by atoms with Crippen molar-refractivity contribution in [2.24, 2.45) is 5.92 Å². The molecule has 1 aliphatic carbocycles. The molecule has 2 aromatic rings. The van der Waals surface area contributed by atoms with E-state index in [-0.39, 0.29) is 18.2 Å². The molecule has 0 unspecified atom stereocenters. The first-order chi connectivity index (χ1) is 11.1. The Balaban J connectivity index is 1.78. The average molecular weight is 328 g/mol. The van der Waals surface area contributed by atoms with E-state index in [2.05, 4.69) is 18.3 Å². The number of hydrogen-bond acceptors (Lipinski definition) is 4. The van der Waals surface area contributed by atoms with Crippen LogP contribution < -0.4 is 9.88 Å². The largest absolute Gasteiger partial charge is 0.503 e. The second-order valence-corrected chi connectivity index (χ2v) is 7.06. The third kappa shape index (κ3) is 3.35. The molecule has 3 rings (SSSR count). The molecule has 5 nitrogen and oxygen atoms in total. The van der Waals surface area contributed by atoms with Gasteiger partial charge in [-0.3, -0.25) is 4.79 Å². The number of aromatic nitrogens is 1.